The third kappa shape index (κ3) is 2.47. The minimum Gasteiger partial charge on any atom is -0.481 e. The van der Waals surface area contributed by atoms with Crippen molar-refractivity contribution in [2.24, 2.45) is 0 Å². The molecular formula is C13H16N2O2. The first-order valence-corrected chi connectivity index (χ1v) is 5.64. The molecule has 0 bridgehead atoms. The van der Waals surface area contributed by atoms with Crippen molar-refractivity contribution in [2.75, 3.05) is 13.6 Å². The third-order valence-electron chi connectivity index (χ3n) is 2.93. The number of carbonyl (C=O) groups is 1. The Labute approximate surface area is 99.7 Å². The molecule has 0 saturated heterocycles. The van der Waals surface area contributed by atoms with Crippen LogP contribution in [0.3, 0.4) is 0 Å². The van der Waals surface area contributed by atoms with Crippen molar-refractivity contribution in [3.05, 3.63) is 36.0 Å². The van der Waals surface area contributed by atoms with Gasteiger partial charge in [-0.15, -0.1) is 0 Å². The smallest absolute Gasteiger partial charge is 0.304 e. The van der Waals surface area contributed by atoms with Crippen molar-refractivity contribution in [3.8, 4) is 0 Å². The Morgan fingerprint density at radius 1 is 1.47 bits per heavy atom. The number of hydrogen-bond donors (Lipinski definition) is 3. The lowest BCUT2D eigenvalue weighted by Gasteiger charge is -2.13. The largest absolute Gasteiger partial charge is 0.481 e. The fourth-order valence-electron chi connectivity index (χ4n) is 2.18. The second kappa shape index (κ2) is 5.01. The molecule has 1 aromatic carbocycles. The van der Waals surface area contributed by atoms with E-state index in [4.69, 9.17) is 5.11 Å². The molecule has 0 amide bonds. The summed E-state index contributed by atoms with van der Waals surface area (Å²) in [5.74, 6) is -0.774. The van der Waals surface area contributed by atoms with Gasteiger partial charge < -0.3 is 15.4 Å². The van der Waals surface area contributed by atoms with Crippen molar-refractivity contribution in [3.63, 3.8) is 0 Å². The molecule has 4 heteroatoms. The molecule has 3 N–H and O–H groups in total. The number of fused-ring (bicyclic) bond motifs is 1. The number of carboxylic acids is 1. The van der Waals surface area contributed by atoms with Gasteiger partial charge in [0.25, 0.3) is 0 Å². The van der Waals surface area contributed by atoms with Crippen molar-refractivity contribution in [2.45, 2.75) is 12.3 Å². The van der Waals surface area contributed by atoms with E-state index < -0.39 is 5.97 Å². The van der Waals surface area contributed by atoms with Gasteiger partial charge in [-0.1, -0.05) is 18.2 Å². The Morgan fingerprint density at radius 3 is 2.94 bits per heavy atom. The van der Waals surface area contributed by atoms with Crippen LogP contribution in [0.1, 0.15) is 17.9 Å². The summed E-state index contributed by atoms with van der Waals surface area (Å²) in [6, 6.07) is 7.95. The summed E-state index contributed by atoms with van der Waals surface area (Å²) in [5.41, 5.74) is 2.12. The van der Waals surface area contributed by atoms with E-state index in [0.29, 0.717) is 6.54 Å². The highest BCUT2D eigenvalue weighted by Crippen LogP contribution is 2.27. The average molecular weight is 232 g/mol. The van der Waals surface area contributed by atoms with Crippen LogP contribution >= 0.6 is 0 Å². The van der Waals surface area contributed by atoms with Crippen molar-refractivity contribution in [1.29, 1.82) is 0 Å². The Balaban J connectivity index is 2.37. The van der Waals surface area contributed by atoms with Crippen molar-refractivity contribution < 1.29 is 9.90 Å². The van der Waals surface area contributed by atoms with Gasteiger partial charge in [-0.2, -0.15) is 0 Å². The molecule has 0 saturated carbocycles. The lowest BCUT2D eigenvalue weighted by Crippen LogP contribution is -2.19. The molecule has 17 heavy (non-hydrogen) atoms. The SMILES string of the molecule is CNCC(CC(=O)O)c1c[nH]c2ccccc12. The van der Waals surface area contributed by atoms with Gasteiger partial charge in [-0.3, -0.25) is 4.79 Å². The summed E-state index contributed by atoms with van der Waals surface area (Å²) in [5, 5.41) is 13.1. The summed E-state index contributed by atoms with van der Waals surface area (Å²) < 4.78 is 0. The van der Waals surface area contributed by atoms with Gasteiger partial charge in [0.1, 0.15) is 0 Å². The molecule has 0 fully saturated rings. The summed E-state index contributed by atoms with van der Waals surface area (Å²) >= 11 is 0. The Hall–Kier alpha value is -1.81. The van der Waals surface area contributed by atoms with Gasteiger partial charge in [-0.25, -0.2) is 0 Å². The first-order valence-electron chi connectivity index (χ1n) is 5.64. The number of hydrogen-bond acceptors (Lipinski definition) is 2. The first kappa shape index (κ1) is 11.7. The van der Waals surface area contributed by atoms with E-state index in [1.54, 1.807) is 0 Å². The number of aromatic nitrogens is 1. The molecule has 1 unspecified atom stereocenters. The molecule has 1 aromatic heterocycles. The first-order chi connectivity index (χ1) is 8.22. The van der Waals surface area contributed by atoms with Gasteiger partial charge in [0, 0.05) is 29.6 Å². The number of para-hydroxylation sites is 1. The standard InChI is InChI=1S/C13H16N2O2/c1-14-7-9(6-13(16)17)11-8-15-12-5-3-2-4-10(11)12/h2-5,8-9,14-15H,6-7H2,1H3,(H,16,17). The van der Waals surface area contributed by atoms with Gasteiger partial charge >= 0.3 is 5.97 Å². The molecule has 0 spiro atoms. The normalized spacial score (nSPS) is 12.8. The maximum absolute atomic E-state index is 10.9. The molecular weight excluding hydrogens is 216 g/mol. The van der Waals surface area contributed by atoms with Crippen LogP contribution in [0.4, 0.5) is 0 Å². The Kier molecular flexibility index (Phi) is 3.44. The van der Waals surface area contributed by atoms with Crippen LogP contribution in [0.5, 0.6) is 0 Å². The van der Waals surface area contributed by atoms with Crippen LogP contribution in [0.2, 0.25) is 0 Å². The van der Waals surface area contributed by atoms with Crippen molar-refractivity contribution in [1.82, 2.24) is 10.3 Å². The van der Waals surface area contributed by atoms with Crippen LogP contribution in [0.15, 0.2) is 30.5 Å². The monoisotopic (exact) mass is 232 g/mol. The molecule has 4 nitrogen and oxygen atoms in total. The maximum Gasteiger partial charge on any atom is 0.304 e. The topological polar surface area (TPSA) is 65.1 Å². The van der Waals surface area contributed by atoms with Crippen LogP contribution in [-0.4, -0.2) is 29.7 Å². The lowest BCUT2D eigenvalue weighted by atomic mass is 9.95. The minimum absolute atomic E-state index is 0.00588. The molecule has 0 radical (unpaired) electrons. The lowest BCUT2D eigenvalue weighted by molar-refractivity contribution is -0.137. The molecule has 1 atom stereocenters. The Bertz CT molecular complexity index is 519. The number of carboxylic acid groups (broad SMARTS) is 1. The number of benzene rings is 1. The van der Waals surface area contributed by atoms with E-state index in [0.717, 1.165) is 16.5 Å². The average Bonchev–Trinajstić information content (AvgIpc) is 2.71. The molecule has 1 heterocycles. The fourth-order valence-corrected chi connectivity index (χ4v) is 2.18. The van der Waals surface area contributed by atoms with E-state index in [1.165, 1.54) is 0 Å². The Morgan fingerprint density at radius 2 is 2.24 bits per heavy atom. The van der Waals surface area contributed by atoms with Crippen LogP contribution in [0.25, 0.3) is 10.9 Å². The van der Waals surface area contributed by atoms with Gasteiger partial charge in [0.05, 0.1) is 6.42 Å². The van der Waals surface area contributed by atoms with E-state index in [-0.39, 0.29) is 12.3 Å². The quantitative estimate of drug-likeness (QED) is 0.738. The summed E-state index contributed by atoms with van der Waals surface area (Å²) in [6.45, 7) is 0.661. The second-order valence-corrected chi connectivity index (χ2v) is 4.14. The predicted octanol–water partition coefficient (Wildman–Crippen LogP) is 1.95. The van der Waals surface area contributed by atoms with E-state index in [1.807, 2.05) is 37.5 Å². The van der Waals surface area contributed by atoms with Crippen LogP contribution in [-0.2, 0) is 4.79 Å². The number of likely N-dealkylation sites (N-methyl/N-ethyl adjacent to an activating group) is 1. The number of aromatic amines is 1. The van der Waals surface area contributed by atoms with Gasteiger partial charge in [-0.05, 0) is 18.7 Å². The zero-order chi connectivity index (χ0) is 12.3. The summed E-state index contributed by atoms with van der Waals surface area (Å²) in [4.78, 5) is 14.1. The molecule has 0 aliphatic rings. The minimum atomic E-state index is -0.768. The zero-order valence-electron chi connectivity index (χ0n) is 9.73. The summed E-state index contributed by atoms with van der Waals surface area (Å²) in [6.07, 6.45) is 2.05. The maximum atomic E-state index is 10.9. The third-order valence-corrected chi connectivity index (χ3v) is 2.93. The highest BCUT2D eigenvalue weighted by molar-refractivity contribution is 5.84. The predicted molar refractivity (Wildman–Crippen MR) is 67.2 cm³/mol. The highest BCUT2D eigenvalue weighted by atomic mass is 16.4. The van der Waals surface area contributed by atoms with E-state index in [2.05, 4.69) is 10.3 Å². The molecule has 90 valence electrons. The number of rotatable bonds is 5. The zero-order valence-corrected chi connectivity index (χ0v) is 9.73. The molecule has 0 aliphatic carbocycles. The number of aliphatic carboxylic acids is 1. The molecule has 2 rings (SSSR count). The summed E-state index contributed by atoms with van der Waals surface area (Å²) in [7, 11) is 1.84. The van der Waals surface area contributed by atoms with Gasteiger partial charge in [0.15, 0.2) is 0 Å². The molecule has 2 aromatic rings. The molecule has 0 aliphatic heterocycles. The van der Waals surface area contributed by atoms with Crippen LogP contribution < -0.4 is 5.32 Å². The number of nitrogens with one attached hydrogen (secondary N) is 2. The van der Waals surface area contributed by atoms with Crippen molar-refractivity contribution >= 4 is 16.9 Å². The number of H-pyrrole nitrogens is 1. The van der Waals surface area contributed by atoms with E-state index in [9.17, 15) is 4.79 Å². The highest BCUT2D eigenvalue weighted by Gasteiger charge is 2.18. The van der Waals surface area contributed by atoms with Crippen LogP contribution in [0, 0.1) is 0 Å². The van der Waals surface area contributed by atoms with E-state index >= 15 is 0 Å². The van der Waals surface area contributed by atoms with Gasteiger partial charge in [0.2, 0.25) is 0 Å². The second-order valence-electron chi connectivity index (χ2n) is 4.14. The fraction of sp³-hybridized carbons (Fsp3) is 0.308.